The summed E-state index contributed by atoms with van der Waals surface area (Å²) in [6.07, 6.45) is 3.07. The van der Waals surface area contributed by atoms with E-state index in [0.29, 0.717) is 22.8 Å². The Kier molecular flexibility index (Phi) is 4.45. The Hall–Kier alpha value is -3.80. The fraction of sp³-hybridized carbons (Fsp3) is 0.0909. The number of fused-ring (bicyclic) bond motifs is 1. The minimum atomic E-state index is -1.01. The molecule has 2 aromatic carbocycles. The summed E-state index contributed by atoms with van der Waals surface area (Å²) < 4.78 is 11.1. The van der Waals surface area contributed by atoms with Crippen LogP contribution in [0.4, 0.5) is 5.69 Å². The minimum absolute atomic E-state index is 0.140. The molecule has 28 heavy (non-hydrogen) atoms. The number of carboxylic acids is 1. The van der Waals surface area contributed by atoms with Gasteiger partial charge in [0.1, 0.15) is 5.76 Å². The van der Waals surface area contributed by atoms with Crippen LogP contribution >= 0.6 is 0 Å². The maximum atomic E-state index is 13.1. The fourth-order valence-corrected chi connectivity index (χ4v) is 3.07. The molecule has 0 radical (unpaired) electrons. The number of ether oxygens (including phenoxy) is 1. The van der Waals surface area contributed by atoms with Crippen LogP contribution in [-0.4, -0.2) is 17.0 Å². The second kappa shape index (κ2) is 7.08. The van der Waals surface area contributed by atoms with Gasteiger partial charge >= 0.3 is 5.97 Å². The van der Waals surface area contributed by atoms with Crippen molar-refractivity contribution in [1.82, 2.24) is 0 Å². The van der Waals surface area contributed by atoms with E-state index in [9.17, 15) is 14.7 Å². The van der Waals surface area contributed by atoms with Gasteiger partial charge in [-0.3, -0.25) is 9.69 Å². The van der Waals surface area contributed by atoms with Crippen LogP contribution in [0.15, 0.2) is 71.0 Å². The predicted octanol–water partition coefficient (Wildman–Crippen LogP) is 4.25. The summed E-state index contributed by atoms with van der Waals surface area (Å²) in [6.45, 7) is 2.15. The predicted molar refractivity (Wildman–Crippen MR) is 103 cm³/mol. The lowest BCUT2D eigenvalue weighted by molar-refractivity contribution is -0.117. The molecular weight excluding hydrogens is 358 g/mol. The number of nitrogens with zero attached hydrogens (tertiary/aromatic N) is 1. The third kappa shape index (κ3) is 3.40. The monoisotopic (exact) mass is 375 g/mol. The van der Waals surface area contributed by atoms with E-state index in [2.05, 4.69) is 0 Å². The quantitative estimate of drug-likeness (QED) is 0.690. The number of carboxylic acid groups (broad SMARTS) is 1. The largest absolute Gasteiger partial charge is 0.478 e. The number of rotatable bonds is 4. The summed E-state index contributed by atoms with van der Waals surface area (Å²) >= 11 is 0. The molecule has 3 aromatic rings. The second-order valence-electron chi connectivity index (χ2n) is 6.49. The molecular formula is C22H17NO5. The van der Waals surface area contributed by atoms with Gasteiger partial charge in [-0.1, -0.05) is 18.2 Å². The van der Waals surface area contributed by atoms with Crippen molar-refractivity contribution in [3.8, 4) is 5.75 Å². The molecule has 0 aliphatic carbocycles. The number of aromatic carboxylic acids is 1. The Bertz CT molecular complexity index is 1080. The van der Waals surface area contributed by atoms with Crippen LogP contribution in [-0.2, 0) is 11.3 Å². The molecule has 0 unspecified atom stereocenters. The molecule has 1 N–H and O–H groups in total. The Labute approximate surface area is 161 Å². The van der Waals surface area contributed by atoms with Crippen LogP contribution in [0.2, 0.25) is 0 Å². The first-order chi connectivity index (χ1) is 13.5. The average Bonchev–Trinajstić information content (AvgIpc) is 3.19. The van der Waals surface area contributed by atoms with E-state index >= 15 is 0 Å². The van der Waals surface area contributed by atoms with Gasteiger partial charge < -0.3 is 14.3 Å². The van der Waals surface area contributed by atoms with Crippen LogP contribution in [0, 0.1) is 6.92 Å². The zero-order valence-electron chi connectivity index (χ0n) is 15.1. The van der Waals surface area contributed by atoms with Crippen molar-refractivity contribution < 1.29 is 23.8 Å². The molecule has 4 rings (SSSR count). The van der Waals surface area contributed by atoms with Gasteiger partial charge in [-0.2, -0.15) is 0 Å². The first-order valence-corrected chi connectivity index (χ1v) is 8.69. The summed E-state index contributed by atoms with van der Waals surface area (Å²) in [4.78, 5) is 26.0. The van der Waals surface area contributed by atoms with Gasteiger partial charge in [0.05, 0.1) is 24.1 Å². The minimum Gasteiger partial charge on any atom is -0.478 e. The first-order valence-electron chi connectivity index (χ1n) is 8.69. The van der Waals surface area contributed by atoms with Crippen molar-refractivity contribution in [2.24, 2.45) is 0 Å². The third-order valence-electron chi connectivity index (χ3n) is 4.41. The smallest absolute Gasteiger partial charge is 0.335 e. The van der Waals surface area contributed by atoms with E-state index < -0.39 is 5.97 Å². The number of furan rings is 1. The molecule has 0 atom stereocenters. The normalized spacial score (nSPS) is 14.7. The molecule has 140 valence electrons. The highest BCUT2D eigenvalue weighted by atomic mass is 16.5. The maximum Gasteiger partial charge on any atom is 0.335 e. The molecule has 6 heteroatoms. The summed E-state index contributed by atoms with van der Waals surface area (Å²) in [5.41, 5.74) is 2.51. The van der Waals surface area contributed by atoms with Crippen molar-refractivity contribution in [2.75, 3.05) is 4.90 Å². The lowest BCUT2D eigenvalue weighted by Crippen LogP contribution is -2.37. The van der Waals surface area contributed by atoms with Gasteiger partial charge in [0.25, 0.3) is 5.91 Å². The molecule has 0 saturated heterocycles. The molecule has 1 amide bonds. The van der Waals surface area contributed by atoms with E-state index in [4.69, 9.17) is 9.15 Å². The standard InChI is InChI=1S/C22H17NO5/c1-14-7-8-19-18(10-14)23(13-15-4-2-5-16(11-15)22(25)26)21(24)20(28-19)12-17-6-3-9-27-17/h2-12H,13H2,1H3,(H,25,26)/b20-12+. The van der Waals surface area contributed by atoms with Crippen molar-refractivity contribution >= 4 is 23.6 Å². The van der Waals surface area contributed by atoms with E-state index in [1.54, 1.807) is 41.3 Å². The molecule has 0 fully saturated rings. The van der Waals surface area contributed by atoms with E-state index in [1.165, 1.54) is 12.3 Å². The summed E-state index contributed by atoms with van der Waals surface area (Å²) in [7, 11) is 0. The fourth-order valence-electron chi connectivity index (χ4n) is 3.07. The van der Waals surface area contributed by atoms with Gasteiger partial charge in [-0.05, 0) is 54.4 Å². The van der Waals surface area contributed by atoms with Crippen LogP contribution in [0.25, 0.3) is 6.08 Å². The Morgan fingerprint density at radius 1 is 1.14 bits per heavy atom. The van der Waals surface area contributed by atoms with Crippen LogP contribution < -0.4 is 9.64 Å². The number of amides is 1. The summed E-state index contributed by atoms with van der Waals surface area (Å²) in [5.74, 6) is -0.134. The molecule has 1 aliphatic heterocycles. The maximum absolute atomic E-state index is 13.1. The number of hydrogen-bond donors (Lipinski definition) is 1. The third-order valence-corrected chi connectivity index (χ3v) is 4.41. The number of carbonyl (C=O) groups excluding carboxylic acids is 1. The van der Waals surface area contributed by atoms with E-state index in [1.807, 2.05) is 25.1 Å². The lowest BCUT2D eigenvalue weighted by atomic mass is 10.1. The Morgan fingerprint density at radius 2 is 2.00 bits per heavy atom. The van der Waals surface area contributed by atoms with Crippen LogP contribution in [0.5, 0.6) is 5.75 Å². The number of hydrogen-bond acceptors (Lipinski definition) is 4. The average molecular weight is 375 g/mol. The van der Waals surface area contributed by atoms with Gasteiger partial charge in [0, 0.05) is 6.08 Å². The van der Waals surface area contributed by atoms with Crippen LogP contribution in [0.3, 0.4) is 0 Å². The van der Waals surface area contributed by atoms with E-state index in [0.717, 1.165) is 5.56 Å². The molecule has 0 saturated carbocycles. The summed E-state index contributed by atoms with van der Waals surface area (Å²) in [6, 6.07) is 15.6. The van der Waals surface area contributed by atoms with Crippen molar-refractivity contribution in [3.05, 3.63) is 89.1 Å². The molecule has 2 heterocycles. The number of benzene rings is 2. The second-order valence-corrected chi connectivity index (χ2v) is 6.49. The number of anilines is 1. The van der Waals surface area contributed by atoms with Crippen molar-refractivity contribution in [3.63, 3.8) is 0 Å². The summed E-state index contributed by atoms with van der Waals surface area (Å²) in [5, 5.41) is 9.23. The van der Waals surface area contributed by atoms with Gasteiger partial charge in [-0.15, -0.1) is 0 Å². The van der Waals surface area contributed by atoms with Gasteiger partial charge in [0.15, 0.2) is 11.5 Å². The molecule has 0 spiro atoms. The van der Waals surface area contributed by atoms with Crippen molar-refractivity contribution in [2.45, 2.75) is 13.5 Å². The molecule has 6 nitrogen and oxygen atoms in total. The molecule has 1 aromatic heterocycles. The van der Waals surface area contributed by atoms with Crippen molar-refractivity contribution in [1.29, 1.82) is 0 Å². The highest BCUT2D eigenvalue weighted by Gasteiger charge is 2.31. The first kappa shape index (κ1) is 17.6. The van der Waals surface area contributed by atoms with E-state index in [-0.39, 0.29) is 23.8 Å². The highest BCUT2D eigenvalue weighted by molar-refractivity contribution is 6.09. The SMILES string of the molecule is Cc1ccc2c(c1)N(Cc1cccc(C(=O)O)c1)C(=O)/C(=C\c1ccco1)O2. The molecule has 1 aliphatic rings. The lowest BCUT2D eigenvalue weighted by Gasteiger charge is -2.31. The highest BCUT2D eigenvalue weighted by Crippen LogP contribution is 2.37. The Balaban J connectivity index is 1.75. The van der Waals surface area contributed by atoms with Gasteiger partial charge in [0.2, 0.25) is 0 Å². The Morgan fingerprint density at radius 3 is 2.75 bits per heavy atom. The zero-order chi connectivity index (χ0) is 19.7. The topological polar surface area (TPSA) is 80.0 Å². The van der Waals surface area contributed by atoms with Gasteiger partial charge in [-0.25, -0.2) is 4.79 Å². The number of aryl methyl sites for hydroxylation is 1. The van der Waals surface area contributed by atoms with Crippen LogP contribution in [0.1, 0.15) is 27.2 Å². The number of carbonyl (C=O) groups is 2. The zero-order valence-corrected chi connectivity index (χ0v) is 15.1. The molecule has 0 bridgehead atoms.